The number of carbonyl (C=O) groups excluding carboxylic acids is 2. The Kier molecular flexibility index (Phi) is 8.38. The number of benzene rings is 1. The van der Waals surface area contributed by atoms with Gasteiger partial charge in [0.05, 0.1) is 6.20 Å². The molecule has 0 aliphatic heterocycles. The van der Waals surface area contributed by atoms with Crippen molar-refractivity contribution in [2.45, 2.75) is 32.9 Å². The highest BCUT2D eigenvalue weighted by Gasteiger charge is 2.19. The molecular formula is C23H32N4O4. The van der Waals surface area contributed by atoms with Crippen LogP contribution in [0.1, 0.15) is 36.7 Å². The molecule has 0 saturated heterocycles. The smallest absolute Gasteiger partial charge is 0.410 e. The zero-order valence-corrected chi connectivity index (χ0v) is 19.1. The van der Waals surface area contributed by atoms with Crippen LogP contribution < -0.4 is 10.1 Å². The van der Waals surface area contributed by atoms with E-state index in [1.165, 1.54) is 4.90 Å². The summed E-state index contributed by atoms with van der Waals surface area (Å²) in [6.45, 7) is 6.73. The maximum Gasteiger partial charge on any atom is 0.410 e. The Hall–Kier alpha value is -3.13. The highest BCUT2D eigenvalue weighted by atomic mass is 16.6. The summed E-state index contributed by atoms with van der Waals surface area (Å²) in [5, 5.41) is 2.83. The van der Waals surface area contributed by atoms with E-state index in [0.29, 0.717) is 36.7 Å². The number of amides is 2. The molecule has 2 aromatic rings. The molecule has 8 heteroatoms. The lowest BCUT2D eigenvalue weighted by molar-refractivity contribution is 0.0299. The fourth-order valence-corrected chi connectivity index (χ4v) is 2.67. The Labute approximate surface area is 184 Å². The predicted octanol–water partition coefficient (Wildman–Crippen LogP) is 3.53. The van der Waals surface area contributed by atoms with E-state index in [0.717, 1.165) is 5.56 Å². The average Bonchev–Trinajstić information content (AvgIpc) is 2.68. The first kappa shape index (κ1) is 24.1. The molecule has 0 fully saturated rings. The molecule has 0 atom stereocenters. The highest BCUT2D eigenvalue weighted by molar-refractivity contribution is 5.94. The van der Waals surface area contributed by atoms with Crippen LogP contribution in [-0.4, -0.2) is 66.6 Å². The van der Waals surface area contributed by atoms with Crippen LogP contribution in [0.4, 0.5) is 4.79 Å². The number of likely N-dealkylation sites (N-methyl/N-ethyl adjacent to an activating group) is 1. The number of nitrogens with one attached hydrogen (secondary N) is 1. The lowest BCUT2D eigenvalue weighted by Crippen LogP contribution is -2.39. The summed E-state index contributed by atoms with van der Waals surface area (Å²) < 4.78 is 11.3. The van der Waals surface area contributed by atoms with Crippen molar-refractivity contribution in [1.29, 1.82) is 0 Å². The van der Waals surface area contributed by atoms with E-state index < -0.39 is 11.7 Å². The Balaban J connectivity index is 2.03. The number of pyridine rings is 1. The number of hydrogen-bond donors (Lipinski definition) is 1. The maximum atomic E-state index is 12.6. The van der Waals surface area contributed by atoms with Crippen molar-refractivity contribution < 1.29 is 19.1 Å². The molecule has 0 spiro atoms. The van der Waals surface area contributed by atoms with Crippen LogP contribution in [0.3, 0.4) is 0 Å². The first-order chi connectivity index (χ1) is 14.5. The zero-order chi connectivity index (χ0) is 23.0. The number of aromatic nitrogens is 1. The molecule has 1 aromatic carbocycles. The topological polar surface area (TPSA) is 84.0 Å². The summed E-state index contributed by atoms with van der Waals surface area (Å²) in [5.41, 5.74) is 0.865. The van der Waals surface area contributed by atoms with Crippen LogP contribution in [0.25, 0.3) is 0 Å². The van der Waals surface area contributed by atoms with Gasteiger partial charge in [0.1, 0.15) is 17.1 Å². The van der Waals surface area contributed by atoms with Gasteiger partial charge in [-0.25, -0.2) is 4.79 Å². The average molecular weight is 429 g/mol. The molecule has 0 unspecified atom stereocenters. The van der Waals surface area contributed by atoms with Crippen molar-refractivity contribution in [2.24, 2.45) is 0 Å². The second-order valence-electron chi connectivity index (χ2n) is 8.51. The Morgan fingerprint density at radius 1 is 1.13 bits per heavy atom. The lowest BCUT2D eigenvalue weighted by Gasteiger charge is -2.24. The molecule has 31 heavy (non-hydrogen) atoms. The summed E-state index contributed by atoms with van der Waals surface area (Å²) in [6, 6.07) is 8.97. The third-order valence-corrected chi connectivity index (χ3v) is 4.12. The van der Waals surface area contributed by atoms with E-state index in [4.69, 9.17) is 9.47 Å². The van der Waals surface area contributed by atoms with Gasteiger partial charge in [0.15, 0.2) is 0 Å². The molecule has 1 N–H and O–H groups in total. The lowest BCUT2D eigenvalue weighted by atomic mass is 10.1. The normalized spacial score (nSPS) is 11.2. The van der Waals surface area contributed by atoms with Gasteiger partial charge in [-0.2, -0.15) is 0 Å². The van der Waals surface area contributed by atoms with Crippen molar-refractivity contribution in [1.82, 2.24) is 20.1 Å². The Morgan fingerprint density at radius 2 is 1.87 bits per heavy atom. The van der Waals surface area contributed by atoms with Crippen LogP contribution in [0.2, 0.25) is 0 Å². The molecule has 1 aromatic heterocycles. The number of rotatable bonds is 8. The van der Waals surface area contributed by atoms with Gasteiger partial charge >= 0.3 is 6.09 Å². The van der Waals surface area contributed by atoms with E-state index in [1.807, 2.05) is 51.9 Å². The number of nitrogens with zero attached hydrogens (tertiary/aromatic N) is 3. The monoisotopic (exact) mass is 428 g/mol. The second kappa shape index (κ2) is 10.8. The minimum Gasteiger partial charge on any atom is -0.455 e. The Morgan fingerprint density at radius 3 is 2.48 bits per heavy atom. The number of carbonyl (C=O) groups is 2. The van der Waals surface area contributed by atoms with Crippen molar-refractivity contribution in [3.63, 3.8) is 0 Å². The van der Waals surface area contributed by atoms with Crippen molar-refractivity contribution >= 4 is 12.0 Å². The van der Waals surface area contributed by atoms with E-state index >= 15 is 0 Å². The first-order valence-corrected chi connectivity index (χ1v) is 10.1. The molecule has 1 heterocycles. The van der Waals surface area contributed by atoms with Crippen molar-refractivity contribution in [3.05, 3.63) is 53.9 Å². The summed E-state index contributed by atoms with van der Waals surface area (Å²) in [6.07, 6.45) is 2.87. The molecule has 168 valence electrons. The molecule has 2 rings (SSSR count). The van der Waals surface area contributed by atoms with Gasteiger partial charge in [0.25, 0.3) is 5.91 Å². The quantitative estimate of drug-likeness (QED) is 0.692. The minimum absolute atomic E-state index is 0.245. The fourth-order valence-electron chi connectivity index (χ4n) is 2.67. The third-order valence-electron chi connectivity index (χ3n) is 4.12. The van der Waals surface area contributed by atoms with Gasteiger partial charge in [0.2, 0.25) is 0 Å². The van der Waals surface area contributed by atoms with E-state index in [1.54, 1.807) is 37.6 Å². The van der Waals surface area contributed by atoms with E-state index in [-0.39, 0.29) is 5.91 Å². The van der Waals surface area contributed by atoms with E-state index in [9.17, 15) is 9.59 Å². The van der Waals surface area contributed by atoms with Gasteiger partial charge in [0, 0.05) is 44.0 Å². The van der Waals surface area contributed by atoms with Crippen LogP contribution in [-0.2, 0) is 11.3 Å². The molecule has 8 nitrogen and oxygen atoms in total. The largest absolute Gasteiger partial charge is 0.455 e. The Bertz CT molecular complexity index is 879. The molecule has 0 saturated carbocycles. The molecule has 0 bridgehead atoms. The van der Waals surface area contributed by atoms with Crippen molar-refractivity contribution in [3.8, 4) is 11.5 Å². The predicted molar refractivity (Wildman–Crippen MR) is 119 cm³/mol. The minimum atomic E-state index is -0.562. The molecule has 2 amide bonds. The van der Waals surface area contributed by atoms with Gasteiger partial charge in [-0.3, -0.25) is 9.78 Å². The molecular weight excluding hydrogens is 396 g/mol. The van der Waals surface area contributed by atoms with Gasteiger partial charge < -0.3 is 24.6 Å². The standard InChI is InChI=1S/C23H32N4O4/c1-23(2,3)31-22(29)27(6)13-12-25-21(28)17-9-10-18(16-26(4)5)20(14-17)30-19-8-7-11-24-15-19/h7-11,14-15H,12-13,16H2,1-6H3,(H,25,28). The van der Waals surface area contributed by atoms with E-state index in [2.05, 4.69) is 10.3 Å². The number of ether oxygens (including phenoxy) is 2. The first-order valence-electron chi connectivity index (χ1n) is 10.1. The summed E-state index contributed by atoms with van der Waals surface area (Å²) in [5.74, 6) is 0.948. The van der Waals surface area contributed by atoms with Gasteiger partial charge in [-0.1, -0.05) is 6.07 Å². The van der Waals surface area contributed by atoms with Gasteiger partial charge in [-0.15, -0.1) is 0 Å². The highest BCUT2D eigenvalue weighted by Crippen LogP contribution is 2.27. The van der Waals surface area contributed by atoms with Crippen LogP contribution in [0.5, 0.6) is 11.5 Å². The van der Waals surface area contributed by atoms with Crippen molar-refractivity contribution in [2.75, 3.05) is 34.2 Å². The van der Waals surface area contributed by atoms with Crippen LogP contribution in [0, 0.1) is 0 Å². The molecule has 0 aliphatic carbocycles. The molecule has 0 aliphatic rings. The summed E-state index contributed by atoms with van der Waals surface area (Å²) in [4.78, 5) is 32.2. The van der Waals surface area contributed by atoms with Gasteiger partial charge in [-0.05, 0) is 59.1 Å². The third kappa shape index (κ3) is 8.25. The maximum absolute atomic E-state index is 12.6. The number of hydrogen-bond acceptors (Lipinski definition) is 6. The van der Waals surface area contributed by atoms with Crippen LogP contribution in [0.15, 0.2) is 42.7 Å². The second-order valence-corrected chi connectivity index (χ2v) is 8.51. The summed E-state index contributed by atoms with van der Waals surface area (Å²) >= 11 is 0. The molecule has 0 radical (unpaired) electrons. The SMILES string of the molecule is CN(C)Cc1ccc(C(=O)NCCN(C)C(=O)OC(C)(C)C)cc1Oc1cccnc1. The zero-order valence-electron chi connectivity index (χ0n) is 19.1. The fraction of sp³-hybridized carbons (Fsp3) is 0.435. The van der Waals surface area contributed by atoms with Crippen LogP contribution >= 0.6 is 0 Å². The summed E-state index contributed by atoms with van der Waals surface area (Å²) in [7, 11) is 5.57.